The zero-order valence-corrected chi connectivity index (χ0v) is 13.0. The summed E-state index contributed by atoms with van der Waals surface area (Å²) in [4.78, 5) is 4.74. The predicted octanol–water partition coefficient (Wildman–Crippen LogP) is 3.60. The standard InChI is InChI=1S/C17H28N2/c1-6-13-11-15-16(19-10-9-17(15,3)4)8-7-14(13)12(2)18-5/h7-8,11-14,18H,6,9-10H2,1-5H3. The van der Waals surface area contributed by atoms with E-state index in [4.69, 9.17) is 4.99 Å². The molecule has 106 valence electrons. The van der Waals surface area contributed by atoms with E-state index < -0.39 is 0 Å². The van der Waals surface area contributed by atoms with Crippen LogP contribution in [0.1, 0.15) is 40.5 Å². The highest BCUT2D eigenvalue weighted by Gasteiger charge is 2.33. The lowest BCUT2D eigenvalue weighted by atomic mass is 9.75. The van der Waals surface area contributed by atoms with E-state index in [-0.39, 0.29) is 5.41 Å². The second kappa shape index (κ2) is 5.62. The van der Waals surface area contributed by atoms with Crippen LogP contribution in [-0.2, 0) is 0 Å². The van der Waals surface area contributed by atoms with Crippen LogP contribution < -0.4 is 5.32 Å². The summed E-state index contributed by atoms with van der Waals surface area (Å²) in [5.74, 6) is 1.17. The molecule has 0 aromatic carbocycles. The van der Waals surface area contributed by atoms with Gasteiger partial charge in [0.2, 0.25) is 0 Å². The van der Waals surface area contributed by atoms with Gasteiger partial charge in [0.15, 0.2) is 0 Å². The lowest BCUT2D eigenvalue weighted by molar-refractivity contribution is 0.359. The third-order valence-corrected chi connectivity index (χ3v) is 4.88. The van der Waals surface area contributed by atoms with Gasteiger partial charge < -0.3 is 5.32 Å². The number of aliphatic imine (C=N–C) groups is 1. The highest BCUT2D eigenvalue weighted by atomic mass is 14.9. The Balaban J connectivity index is 2.42. The van der Waals surface area contributed by atoms with Crippen LogP contribution >= 0.6 is 0 Å². The van der Waals surface area contributed by atoms with Gasteiger partial charge in [-0.25, -0.2) is 0 Å². The van der Waals surface area contributed by atoms with Gasteiger partial charge in [0, 0.05) is 12.6 Å². The molecule has 0 spiro atoms. The molecule has 0 saturated carbocycles. The molecule has 3 atom stereocenters. The van der Waals surface area contributed by atoms with Crippen LogP contribution in [0.15, 0.2) is 28.8 Å². The van der Waals surface area contributed by atoms with Crippen LogP contribution in [0, 0.1) is 17.3 Å². The highest BCUT2D eigenvalue weighted by molar-refractivity contribution is 6.10. The van der Waals surface area contributed by atoms with Crippen molar-refractivity contribution in [1.29, 1.82) is 0 Å². The van der Waals surface area contributed by atoms with Gasteiger partial charge in [0.1, 0.15) is 0 Å². The van der Waals surface area contributed by atoms with E-state index in [1.807, 2.05) is 0 Å². The number of allylic oxidation sites excluding steroid dienone is 3. The van der Waals surface area contributed by atoms with Crippen molar-refractivity contribution in [2.45, 2.75) is 46.6 Å². The van der Waals surface area contributed by atoms with Crippen molar-refractivity contribution in [3.8, 4) is 0 Å². The van der Waals surface area contributed by atoms with Crippen molar-refractivity contribution in [1.82, 2.24) is 5.32 Å². The van der Waals surface area contributed by atoms with Gasteiger partial charge in [0.05, 0.1) is 5.71 Å². The van der Waals surface area contributed by atoms with Crippen LogP contribution in [0.2, 0.25) is 0 Å². The van der Waals surface area contributed by atoms with Gasteiger partial charge in [-0.1, -0.05) is 32.9 Å². The minimum Gasteiger partial charge on any atom is -0.317 e. The molecule has 3 unspecified atom stereocenters. The van der Waals surface area contributed by atoms with Gasteiger partial charge in [-0.15, -0.1) is 0 Å². The van der Waals surface area contributed by atoms with Crippen LogP contribution in [0.3, 0.4) is 0 Å². The summed E-state index contributed by atoms with van der Waals surface area (Å²) in [6.07, 6.45) is 9.50. The Hall–Kier alpha value is -0.890. The summed E-state index contributed by atoms with van der Waals surface area (Å²) >= 11 is 0. The largest absolute Gasteiger partial charge is 0.317 e. The van der Waals surface area contributed by atoms with Crippen molar-refractivity contribution in [2.75, 3.05) is 13.6 Å². The SMILES string of the molecule is CCC1C=C2C(=NCCC2(C)C)C=CC1C(C)NC. The molecule has 1 N–H and O–H groups in total. The van der Waals surface area contributed by atoms with Crippen LogP contribution in [-0.4, -0.2) is 25.3 Å². The fourth-order valence-corrected chi connectivity index (χ4v) is 3.27. The fourth-order valence-electron chi connectivity index (χ4n) is 3.27. The Kier molecular flexibility index (Phi) is 4.29. The second-order valence-corrected chi connectivity index (χ2v) is 6.57. The quantitative estimate of drug-likeness (QED) is 0.823. The van der Waals surface area contributed by atoms with E-state index in [2.05, 4.69) is 58.3 Å². The molecule has 2 nitrogen and oxygen atoms in total. The minimum absolute atomic E-state index is 0.270. The third kappa shape index (κ3) is 2.84. The Bertz CT molecular complexity index is 415. The zero-order valence-electron chi connectivity index (χ0n) is 13.0. The van der Waals surface area contributed by atoms with Crippen molar-refractivity contribution in [2.24, 2.45) is 22.2 Å². The first-order valence-electron chi connectivity index (χ1n) is 7.62. The maximum atomic E-state index is 4.74. The van der Waals surface area contributed by atoms with E-state index in [1.165, 1.54) is 24.1 Å². The molecule has 0 saturated heterocycles. The van der Waals surface area contributed by atoms with Gasteiger partial charge in [-0.2, -0.15) is 0 Å². The molecule has 2 aliphatic rings. The molecule has 0 fully saturated rings. The smallest absolute Gasteiger partial charge is 0.0605 e. The second-order valence-electron chi connectivity index (χ2n) is 6.57. The zero-order chi connectivity index (χ0) is 14.0. The predicted molar refractivity (Wildman–Crippen MR) is 83.7 cm³/mol. The molecule has 0 bridgehead atoms. The van der Waals surface area contributed by atoms with E-state index in [1.54, 1.807) is 0 Å². The molecular formula is C17H28N2. The summed E-state index contributed by atoms with van der Waals surface area (Å²) in [5.41, 5.74) is 2.96. The Labute approximate surface area is 118 Å². The maximum Gasteiger partial charge on any atom is 0.0605 e. The minimum atomic E-state index is 0.270. The molecular weight excluding hydrogens is 232 g/mol. The number of rotatable bonds is 3. The molecule has 0 aromatic heterocycles. The number of hydrogen-bond donors (Lipinski definition) is 1. The Morgan fingerprint density at radius 1 is 1.47 bits per heavy atom. The van der Waals surface area contributed by atoms with E-state index >= 15 is 0 Å². The number of hydrogen-bond acceptors (Lipinski definition) is 2. The van der Waals surface area contributed by atoms with Gasteiger partial charge >= 0.3 is 0 Å². The average Bonchev–Trinajstić information content (AvgIpc) is 2.57. The molecule has 1 aliphatic heterocycles. The lowest BCUT2D eigenvalue weighted by Crippen LogP contribution is -2.33. The number of nitrogens with one attached hydrogen (secondary N) is 1. The first kappa shape index (κ1) is 14.5. The van der Waals surface area contributed by atoms with Crippen LogP contribution in [0.4, 0.5) is 0 Å². The topological polar surface area (TPSA) is 24.4 Å². The molecule has 2 heteroatoms. The lowest BCUT2D eigenvalue weighted by Gasteiger charge is -2.32. The molecule has 0 radical (unpaired) electrons. The molecule has 1 aliphatic carbocycles. The molecule has 0 amide bonds. The number of nitrogens with zero attached hydrogens (tertiary/aromatic N) is 1. The van der Waals surface area contributed by atoms with Crippen molar-refractivity contribution in [3.05, 3.63) is 23.8 Å². The van der Waals surface area contributed by atoms with Crippen LogP contribution in [0.5, 0.6) is 0 Å². The third-order valence-electron chi connectivity index (χ3n) is 4.88. The summed E-state index contributed by atoms with van der Waals surface area (Å²) in [7, 11) is 2.05. The summed E-state index contributed by atoms with van der Waals surface area (Å²) in [6, 6.07) is 0.502. The highest BCUT2D eigenvalue weighted by Crippen LogP contribution is 2.39. The molecule has 0 aromatic rings. The summed E-state index contributed by atoms with van der Waals surface area (Å²) in [6.45, 7) is 10.2. The molecule has 1 heterocycles. The number of fused-ring (bicyclic) bond motifs is 1. The first-order valence-corrected chi connectivity index (χ1v) is 7.62. The first-order chi connectivity index (χ1) is 8.99. The average molecular weight is 260 g/mol. The maximum absolute atomic E-state index is 4.74. The van der Waals surface area contributed by atoms with Crippen molar-refractivity contribution >= 4 is 5.71 Å². The fraction of sp³-hybridized carbons (Fsp3) is 0.706. The molecule has 2 rings (SSSR count). The molecule has 19 heavy (non-hydrogen) atoms. The normalized spacial score (nSPS) is 31.0. The summed E-state index contributed by atoms with van der Waals surface area (Å²) < 4.78 is 0. The Morgan fingerprint density at radius 3 is 2.84 bits per heavy atom. The van der Waals surface area contributed by atoms with E-state index in [9.17, 15) is 0 Å². The van der Waals surface area contributed by atoms with E-state index in [0.29, 0.717) is 17.9 Å². The monoisotopic (exact) mass is 260 g/mol. The van der Waals surface area contributed by atoms with Crippen LogP contribution in [0.25, 0.3) is 0 Å². The van der Waals surface area contributed by atoms with Crippen molar-refractivity contribution in [3.63, 3.8) is 0 Å². The van der Waals surface area contributed by atoms with E-state index in [0.717, 1.165) is 6.54 Å². The van der Waals surface area contributed by atoms with Gasteiger partial charge in [-0.05, 0) is 55.7 Å². The van der Waals surface area contributed by atoms with Gasteiger partial charge in [0.25, 0.3) is 0 Å². The summed E-state index contributed by atoms with van der Waals surface area (Å²) in [5, 5.41) is 3.41. The Morgan fingerprint density at radius 2 is 2.21 bits per heavy atom. The van der Waals surface area contributed by atoms with Gasteiger partial charge in [-0.3, -0.25) is 4.99 Å². The van der Waals surface area contributed by atoms with Crippen molar-refractivity contribution < 1.29 is 0 Å².